The third-order valence-corrected chi connectivity index (χ3v) is 3.82. The Morgan fingerprint density at radius 1 is 1.11 bits per heavy atom. The Balaban J connectivity index is 1.90. The number of ether oxygens (including phenoxy) is 1. The Bertz CT molecular complexity index is 833. The number of nitro groups is 1. The van der Waals surface area contributed by atoms with Crippen LogP contribution in [0.3, 0.4) is 0 Å². The molecule has 140 valence electrons. The number of amides is 1. The second kappa shape index (κ2) is 9.86. The maximum Gasteiger partial charge on any atom is 0.331 e. The number of benzene rings is 2. The number of esters is 1. The Kier molecular flexibility index (Phi) is 7.25. The van der Waals surface area contributed by atoms with Crippen LogP contribution in [0.4, 0.5) is 5.69 Å². The van der Waals surface area contributed by atoms with Crippen molar-refractivity contribution in [3.05, 3.63) is 81.9 Å². The van der Waals surface area contributed by atoms with Crippen molar-refractivity contribution in [3.8, 4) is 0 Å². The standard InChI is InChI=1S/C20H20N2O5/c1-2-21(14-16-8-4-3-5-9-16)19(23)15-27-20(24)13-12-17-10-6-7-11-18(17)22(25)26/h3-13H,2,14-15H2,1H3/b13-12+. The van der Waals surface area contributed by atoms with Crippen LogP contribution in [0.5, 0.6) is 0 Å². The molecule has 0 saturated heterocycles. The number of rotatable bonds is 8. The Hall–Kier alpha value is -3.48. The molecule has 2 aromatic carbocycles. The summed E-state index contributed by atoms with van der Waals surface area (Å²) in [7, 11) is 0. The SMILES string of the molecule is CCN(Cc1ccccc1)C(=O)COC(=O)/C=C/c1ccccc1[N+](=O)[O-]. The van der Waals surface area contributed by atoms with Crippen LogP contribution in [0.2, 0.25) is 0 Å². The summed E-state index contributed by atoms with van der Waals surface area (Å²) in [5, 5.41) is 10.9. The minimum Gasteiger partial charge on any atom is -0.452 e. The van der Waals surface area contributed by atoms with Gasteiger partial charge in [-0.15, -0.1) is 0 Å². The molecular weight excluding hydrogens is 348 g/mol. The molecule has 0 heterocycles. The van der Waals surface area contributed by atoms with Gasteiger partial charge in [0, 0.05) is 25.2 Å². The molecular formula is C20H20N2O5. The molecule has 0 atom stereocenters. The van der Waals surface area contributed by atoms with Crippen LogP contribution in [0, 0.1) is 10.1 Å². The van der Waals surface area contributed by atoms with E-state index in [2.05, 4.69) is 0 Å². The Labute approximate surface area is 157 Å². The Morgan fingerprint density at radius 3 is 2.44 bits per heavy atom. The van der Waals surface area contributed by atoms with Crippen LogP contribution in [0.15, 0.2) is 60.7 Å². The molecule has 27 heavy (non-hydrogen) atoms. The van der Waals surface area contributed by atoms with Gasteiger partial charge in [0.05, 0.1) is 10.5 Å². The number of carbonyl (C=O) groups excluding carboxylic acids is 2. The summed E-state index contributed by atoms with van der Waals surface area (Å²) in [6.07, 6.45) is 2.37. The quantitative estimate of drug-likeness (QED) is 0.309. The first-order valence-electron chi connectivity index (χ1n) is 8.41. The van der Waals surface area contributed by atoms with Crippen molar-refractivity contribution in [1.29, 1.82) is 0 Å². The van der Waals surface area contributed by atoms with E-state index in [0.29, 0.717) is 13.1 Å². The van der Waals surface area contributed by atoms with Crippen LogP contribution in [-0.2, 0) is 20.9 Å². The topological polar surface area (TPSA) is 89.8 Å². The van der Waals surface area contributed by atoms with Crippen molar-refractivity contribution >= 4 is 23.6 Å². The first-order chi connectivity index (χ1) is 13.0. The highest BCUT2D eigenvalue weighted by Gasteiger charge is 2.14. The number of carbonyl (C=O) groups is 2. The van der Waals surface area contributed by atoms with Crippen LogP contribution < -0.4 is 0 Å². The van der Waals surface area contributed by atoms with E-state index in [0.717, 1.165) is 11.6 Å². The van der Waals surface area contributed by atoms with Crippen molar-refractivity contribution in [2.45, 2.75) is 13.5 Å². The maximum atomic E-state index is 12.2. The van der Waals surface area contributed by atoms with Crippen LogP contribution >= 0.6 is 0 Å². The van der Waals surface area contributed by atoms with Gasteiger partial charge in [0.1, 0.15) is 0 Å². The lowest BCUT2D eigenvalue weighted by atomic mass is 10.1. The van der Waals surface area contributed by atoms with E-state index >= 15 is 0 Å². The fourth-order valence-electron chi connectivity index (χ4n) is 2.40. The number of hydrogen-bond donors (Lipinski definition) is 0. The van der Waals surface area contributed by atoms with Crippen LogP contribution in [0.1, 0.15) is 18.1 Å². The summed E-state index contributed by atoms with van der Waals surface area (Å²) in [6, 6.07) is 15.5. The highest BCUT2D eigenvalue weighted by Crippen LogP contribution is 2.18. The minimum absolute atomic E-state index is 0.113. The summed E-state index contributed by atoms with van der Waals surface area (Å²) < 4.78 is 4.96. The normalized spacial score (nSPS) is 10.6. The second-order valence-electron chi connectivity index (χ2n) is 5.65. The zero-order valence-corrected chi connectivity index (χ0v) is 14.9. The molecule has 2 aromatic rings. The van der Waals surface area contributed by atoms with Gasteiger partial charge in [0.25, 0.3) is 11.6 Å². The van der Waals surface area contributed by atoms with Gasteiger partial charge in [-0.2, -0.15) is 0 Å². The predicted octanol–water partition coefficient (Wildman–Crippen LogP) is 3.20. The number of nitrogens with zero attached hydrogens (tertiary/aromatic N) is 2. The molecule has 0 bridgehead atoms. The molecule has 0 N–H and O–H groups in total. The smallest absolute Gasteiger partial charge is 0.331 e. The van der Waals surface area contributed by atoms with E-state index in [1.807, 2.05) is 37.3 Å². The van der Waals surface area contributed by atoms with E-state index < -0.39 is 10.9 Å². The third kappa shape index (κ3) is 6.07. The second-order valence-corrected chi connectivity index (χ2v) is 5.65. The zero-order valence-electron chi connectivity index (χ0n) is 14.9. The molecule has 0 aromatic heterocycles. The molecule has 0 aliphatic rings. The molecule has 7 nitrogen and oxygen atoms in total. The van der Waals surface area contributed by atoms with Crippen molar-refractivity contribution in [1.82, 2.24) is 4.90 Å². The zero-order chi connectivity index (χ0) is 19.6. The highest BCUT2D eigenvalue weighted by molar-refractivity contribution is 5.89. The number of nitro benzene ring substituents is 1. The van der Waals surface area contributed by atoms with E-state index in [9.17, 15) is 19.7 Å². The molecule has 0 aliphatic carbocycles. The fraction of sp³-hybridized carbons (Fsp3) is 0.200. The summed E-state index contributed by atoms with van der Waals surface area (Å²) in [4.78, 5) is 36.0. The average molecular weight is 368 g/mol. The molecule has 7 heteroatoms. The van der Waals surface area contributed by atoms with Gasteiger partial charge in [-0.1, -0.05) is 42.5 Å². The van der Waals surface area contributed by atoms with Gasteiger partial charge in [-0.05, 0) is 24.6 Å². The lowest BCUT2D eigenvalue weighted by Gasteiger charge is -2.20. The largest absolute Gasteiger partial charge is 0.452 e. The molecule has 0 radical (unpaired) electrons. The lowest BCUT2D eigenvalue weighted by molar-refractivity contribution is -0.385. The van der Waals surface area contributed by atoms with Gasteiger partial charge in [-0.25, -0.2) is 4.79 Å². The number of likely N-dealkylation sites (N-methyl/N-ethyl adjacent to an activating group) is 1. The van der Waals surface area contributed by atoms with Gasteiger partial charge in [0.2, 0.25) is 0 Å². The average Bonchev–Trinajstić information content (AvgIpc) is 2.69. The fourth-order valence-corrected chi connectivity index (χ4v) is 2.40. The van der Waals surface area contributed by atoms with Crippen LogP contribution in [-0.4, -0.2) is 34.9 Å². The van der Waals surface area contributed by atoms with E-state index in [1.165, 1.54) is 18.2 Å². The Morgan fingerprint density at radius 2 is 1.78 bits per heavy atom. The van der Waals surface area contributed by atoms with E-state index in [4.69, 9.17) is 4.74 Å². The van der Waals surface area contributed by atoms with Crippen molar-refractivity contribution in [2.24, 2.45) is 0 Å². The third-order valence-electron chi connectivity index (χ3n) is 3.82. The first kappa shape index (κ1) is 19.8. The van der Waals surface area contributed by atoms with E-state index in [-0.39, 0.29) is 23.8 Å². The van der Waals surface area contributed by atoms with Crippen LogP contribution in [0.25, 0.3) is 6.08 Å². The summed E-state index contributed by atoms with van der Waals surface area (Å²) in [5.41, 5.74) is 1.15. The highest BCUT2D eigenvalue weighted by atomic mass is 16.6. The van der Waals surface area contributed by atoms with Gasteiger partial charge < -0.3 is 9.64 Å². The summed E-state index contributed by atoms with van der Waals surface area (Å²) >= 11 is 0. The molecule has 0 saturated carbocycles. The molecule has 0 spiro atoms. The van der Waals surface area contributed by atoms with Crippen molar-refractivity contribution in [3.63, 3.8) is 0 Å². The van der Waals surface area contributed by atoms with Crippen molar-refractivity contribution < 1.29 is 19.2 Å². The number of para-hydroxylation sites is 1. The minimum atomic E-state index is -0.739. The lowest BCUT2D eigenvalue weighted by Crippen LogP contribution is -2.33. The summed E-state index contributed by atoms with van der Waals surface area (Å²) in [6.45, 7) is 2.37. The van der Waals surface area contributed by atoms with Gasteiger partial charge in [0.15, 0.2) is 6.61 Å². The molecule has 0 unspecified atom stereocenters. The maximum absolute atomic E-state index is 12.2. The molecule has 0 aliphatic heterocycles. The van der Waals surface area contributed by atoms with E-state index in [1.54, 1.807) is 17.0 Å². The van der Waals surface area contributed by atoms with Crippen molar-refractivity contribution in [2.75, 3.05) is 13.2 Å². The molecule has 2 rings (SSSR count). The van der Waals surface area contributed by atoms with Gasteiger partial charge >= 0.3 is 5.97 Å². The van der Waals surface area contributed by atoms with Gasteiger partial charge in [-0.3, -0.25) is 14.9 Å². The monoisotopic (exact) mass is 368 g/mol. The molecule has 1 amide bonds. The molecule has 0 fully saturated rings. The summed E-state index contributed by atoms with van der Waals surface area (Å²) in [5.74, 6) is -1.05. The predicted molar refractivity (Wildman–Crippen MR) is 101 cm³/mol. The number of hydrogen-bond acceptors (Lipinski definition) is 5. The first-order valence-corrected chi connectivity index (χ1v) is 8.41.